The highest BCUT2D eigenvalue weighted by molar-refractivity contribution is 7.89. The van der Waals surface area contributed by atoms with Crippen molar-refractivity contribution < 1.29 is 22.8 Å². The van der Waals surface area contributed by atoms with Gasteiger partial charge in [-0.05, 0) is 32.0 Å². The summed E-state index contributed by atoms with van der Waals surface area (Å²) in [6, 6.07) is 3.98. The first-order valence-corrected chi connectivity index (χ1v) is 7.39. The second kappa shape index (κ2) is 6.86. The summed E-state index contributed by atoms with van der Waals surface area (Å²) >= 11 is 0. The van der Waals surface area contributed by atoms with Gasteiger partial charge in [0.05, 0.1) is 17.2 Å². The fourth-order valence-electron chi connectivity index (χ4n) is 1.33. The average Bonchev–Trinajstić information content (AvgIpc) is 2.37. The van der Waals surface area contributed by atoms with Crippen LogP contribution in [0.4, 0.5) is 11.4 Å². The highest BCUT2D eigenvalue weighted by Crippen LogP contribution is 2.27. The molecule has 0 amide bonds. The first kappa shape index (κ1) is 16.7. The summed E-state index contributed by atoms with van der Waals surface area (Å²) in [5, 5.41) is 6.11. The number of primary sulfonamides is 1. The zero-order valence-corrected chi connectivity index (χ0v) is 12.4. The molecule has 4 N–H and O–H groups in total. The predicted octanol–water partition coefficient (Wildman–Crippen LogP) is 0.598. The van der Waals surface area contributed by atoms with E-state index in [4.69, 9.17) is 25.3 Å². The van der Waals surface area contributed by atoms with Crippen molar-refractivity contribution in [1.82, 2.24) is 0 Å². The fourth-order valence-corrected chi connectivity index (χ4v) is 1.88. The molecule has 0 aromatic heterocycles. The Hall–Kier alpha value is -1.39. The number of nitrogen functional groups attached to an aromatic ring is 1. The molecule has 1 atom stereocenters. The molecule has 1 unspecified atom stereocenters. The molecule has 1 aromatic carbocycles. The predicted molar refractivity (Wildman–Crippen MR) is 73.9 cm³/mol. The molecule has 8 nitrogen and oxygen atoms in total. The Morgan fingerprint density at radius 1 is 1.40 bits per heavy atom. The van der Waals surface area contributed by atoms with Gasteiger partial charge in [-0.3, -0.25) is 0 Å². The van der Waals surface area contributed by atoms with Crippen LogP contribution in [0.1, 0.15) is 13.8 Å². The van der Waals surface area contributed by atoms with Gasteiger partial charge in [0.2, 0.25) is 10.0 Å². The molecule has 1 rings (SSSR count). The molecule has 0 radical (unpaired) electrons. The van der Waals surface area contributed by atoms with Gasteiger partial charge in [-0.15, -0.1) is 5.23 Å². The number of nitrogens with zero attached hydrogens (tertiary/aromatic N) is 1. The fraction of sp³-hybridized carbons (Fsp3) is 0.455. The van der Waals surface area contributed by atoms with E-state index in [0.717, 1.165) is 5.23 Å². The number of anilines is 2. The summed E-state index contributed by atoms with van der Waals surface area (Å²) in [5.74, 6) is 0. The Bertz CT molecular complexity index is 549. The zero-order chi connectivity index (χ0) is 15.3. The molecule has 114 valence electrons. The number of sulfonamides is 1. The third-order valence-electron chi connectivity index (χ3n) is 2.35. The summed E-state index contributed by atoms with van der Waals surface area (Å²) in [5.41, 5.74) is 6.30. The van der Waals surface area contributed by atoms with Gasteiger partial charge < -0.3 is 10.5 Å². The van der Waals surface area contributed by atoms with Crippen molar-refractivity contribution in [1.29, 1.82) is 0 Å². The van der Waals surface area contributed by atoms with Crippen molar-refractivity contribution in [2.45, 2.75) is 25.0 Å². The minimum atomic E-state index is -3.81. The number of hydrogen-bond acceptors (Lipinski definition) is 7. The largest absolute Gasteiger partial charge is 0.397 e. The van der Waals surface area contributed by atoms with Gasteiger partial charge in [0.15, 0.2) is 6.29 Å². The molecule has 0 spiro atoms. The summed E-state index contributed by atoms with van der Waals surface area (Å²) in [7, 11) is -2.34. The lowest BCUT2D eigenvalue weighted by Gasteiger charge is -2.25. The Morgan fingerprint density at radius 2 is 2.05 bits per heavy atom. The lowest BCUT2D eigenvalue weighted by atomic mass is 10.3. The maximum absolute atomic E-state index is 11.2. The van der Waals surface area contributed by atoms with Gasteiger partial charge in [0.25, 0.3) is 0 Å². The molecule has 20 heavy (non-hydrogen) atoms. The quantitative estimate of drug-likeness (QED) is 0.430. The van der Waals surface area contributed by atoms with Crippen LogP contribution in [0.15, 0.2) is 23.1 Å². The molecule has 0 saturated carbocycles. The van der Waals surface area contributed by atoms with Gasteiger partial charge in [0, 0.05) is 7.11 Å². The molecular formula is C11H19N3O5S. The van der Waals surface area contributed by atoms with Gasteiger partial charge in [-0.2, -0.15) is 0 Å². The van der Waals surface area contributed by atoms with E-state index in [2.05, 4.69) is 0 Å². The molecule has 0 fully saturated rings. The molecule has 1 aromatic rings. The van der Waals surface area contributed by atoms with Crippen molar-refractivity contribution in [3.8, 4) is 0 Å². The highest BCUT2D eigenvalue weighted by Gasteiger charge is 2.17. The SMILES string of the molecule is CCON(OC(C)OC)c1ccc(S(N)(=O)=O)cc1N. The monoisotopic (exact) mass is 305 g/mol. The third-order valence-corrected chi connectivity index (χ3v) is 3.26. The Balaban J connectivity index is 3.08. The van der Waals surface area contributed by atoms with Gasteiger partial charge in [-0.1, -0.05) is 0 Å². The van der Waals surface area contributed by atoms with Crippen molar-refractivity contribution in [3.05, 3.63) is 18.2 Å². The maximum atomic E-state index is 11.2. The second-order valence-corrected chi connectivity index (χ2v) is 5.41. The Morgan fingerprint density at radius 3 is 2.50 bits per heavy atom. The Kier molecular flexibility index (Phi) is 5.72. The van der Waals surface area contributed by atoms with Crippen LogP contribution in [0.5, 0.6) is 0 Å². The first-order chi connectivity index (χ1) is 9.29. The molecule has 0 aliphatic rings. The molecule has 0 heterocycles. The van der Waals surface area contributed by atoms with Gasteiger partial charge in [0.1, 0.15) is 5.69 Å². The number of rotatable bonds is 7. The maximum Gasteiger partial charge on any atom is 0.238 e. The van der Waals surface area contributed by atoms with Crippen molar-refractivity contribution in [2.24, 2.45) is 5.14 Å². The topological polar surface area (TPSA) is 117 Å². The Labute approximate surface area is 118 Å². The summed E-state index contributed by atoms with van der Waals surface area (Å²) in [6.45, 7) is 3.76. The standard InChI is InChI=1S/C11H19N3O5S/c1-4-18-14(19-8(2)17-3)11-6-5-9(7-10(11)12)20(13,15)16/h5-8H,4,12H2,1-3H3,(H2,13,15,16). The zero-order valence-electron chi connectivity index (χ0n) is 11.6. The van der Waals surface area contributed by atoms with E-state index >= 15 is 0 Å². The van der Waals surface area contributed by atoms with E-state index in [-0.39, 0.29) is 10.6 Å². The van der Waals surface area contributed by atoms with Crippen LogP contribution in [0.3, 0.4) is 0 Å². The lowest BCUT2D eigenvalue weighted by Crippen LogP contribution is -2.30. The van der Waals surface area contributed by atoms with Crippen molar-refractivity contribution in [3.63, 3.8) is 0 Å². The summed E-state index contributed by atoms with van der Waals surface area (Å²) in [6.07, 6.45) is -0.570. The molecule has 0 aliphatic carbocycles. The highest BCUT2D eigenvalue weighted by atomic mass is 32.2. The minimum Gasteiger partial charge on any atom is -0.397 e. The van der Waals surface area contributed by atoms with E-state index in [9.17, 15) is 8.42 Å². The molecule has 9 heteroatoms. The molecular weight excluding hydrogens is 286 g/mol. The number of ether oxygens (including phenoxy) is 1. The van der Waals surface area contributed by atoms with Crippen LogP contribution >= 0.6 is 0 Å². The lowest BCUT2D eigenvalue weighted by molar-refractivity contribution is -0.194. The smallest absolute Gasteiger partial charge is 0.238 e. The first-order valence-electron chi connectivity index (χ1n) is 5.84. The van der Waals surface area contributed by atoms with Crippen LogP contribution in [-0.4, -0.2) is 28.4 Å². The van der Waals surface area contributed by atoms with Gasteiger partial charge >= 0.3 is 0 Å². The van der Waals surface area contributed by atoms with Crippen LogP contribution in [0, 0.1) is 0 Å². The third kappa shape index (κ3) is 4.32. The van der Waals surface area contributed by atoms with Crippen LogP contribution in [0.2, 0.25) is 0 Å². The van der Waals surface area contributed by atoms with E-state index in [1.54, 1.807) is 13.8 Å². The number of methoxy groups -OCH3 is 1. The molecule has 0 bridgehead atoms. The molecule has 0 aliphatic heterocycles. The second-order valence-electron chi connectivity index (χ2n) is 3.85. The van der Waals surface area contributed by atoms with Crippen molar-refractivity contribution in [2.75, 3.05) is 24.7 Å². The summed E-state index contributed by atoms with van der Waals surface area (Å²) < 4.78 is 27.5. The van der Waals surface area contributed by atoms with Crippen LogP contribution in [-0.2, 0) is 24.4 Å². The minimum absolute atomic E-state index is 0.0880. The number of hydrogen-bond donors (Lipinski definition) is 2. The van der Waals surface area contributed by atoms with Crippen LogP contribution < -0.4 is 16.1 Å². The van der Waals surface area contributed by atoms with E-state index in [0.29, 0.717) is 12.3 Å². The number of nitrogens with two attached hydrogens (primary N) is 2. The van der Waals surface area contributed by atoms with Gasteiger partial charge in [-0.25, -0.2) is 23.2 Å². The van der Waals surface area contributed by atoms with Crippen LogP contribution in [0.25, 0.3) is 0 Å². The van der Waals surface area contributed by atoms with E-state index in [1.807, 2.05) is 0 Å². The van der Waals surface area contributed by atoms with E-state index in [1.165, 1.54) is 25.3 Å². The van der Waals surface area contributed by atoms with E-state index < -0.39 is 16.3 Å². The van der Waals surface area contributed by atoms with Crippen molar-refractivity contribution >= 4 is 21.4 Å². The number of benzene rings is 1. The average molecular weight is 305 g/mol. The molecule has 0 saturated heterocycles. The normalized spacial score (nSPS) is 13.2. The summed E-state index contributed by atoms with van der Waals surface area (Å²) in [4.78, 5) is 10.5.